The Balaban J connectivity index is 1.76. The molecule has 0 atom stereocenters. The molecule has 3 aromatic rings. The summed E-state index contributed by atoms with van der Waals surface area (Å²) in [6, 6.07) is 7.89. The number of halogens is 1. The van der Waals surface area contributed by atoms with Gasteiger partial charge in [0.1, 0.15) is 10.6 Å². The first kappa shape index (κ1) is 25.4. The first-order valence-corrected chi connectivity index (χ1v) is 12.2. The van der Waals surface area contributed by atoms with E-state index >= 15 is 0 Å². The van der Waals surface area contributed by atoms with E-state index in [9.17, 15) is 19.2 Å². The number of esters is 1. The number of barbiturate groups is 1. The van der Waals surface area contributed by atoms with Gasteiger partial charge in [-0.2, -0.15) is 0 Å². The van der Waals surface area contributed by atoms with Crippen LogP contribution in [0.3, 0.4) is 0 Å². The van der Waals surface area contributed by atoms with Crippen molar-refractivity contribution in [1.29, 1.82) is 0 Å². The molecule has 0 spiro atoms. The van der Waals surface area contributed by atoms with Gasteiger partial charge >= 0.3 is 12.0 Å². The lowest BCUT2D eigenvalue weighted by Crippen LogP contribution is -2.53. The van der Waals surface area contributed by atoms with Crippen molar-refractivity contribution in [1.82, 2.24) is 14.8 Å². The predicted molar refractivity (Wildman–Crippen MR) is 137 cm³/mol. The minimum Gasteiger partial charge on any atom is -0.465 e. The number of nitrogens with one attached hydrogen (secondary N) is 1. The molecule has 4 amide bonds. The number of amides is 4. The molecule has 0 saturated carbocycles. The molecule has 8 nitrogen and oxygen atoms in total. The maximum absolute atomic E-state index is 13.2. The van der Waals surface area contributed by atoms with Gasteiger partial charge in [-0.05, 0) is 62.6 Å². The lowest BCUT2D eigenvalue weighted by molar-refractivity contribution is -0.130. The molecule has 10 heteroatoms. The van der Waals surface area contributed by atoms with Gasteiger partial charge in [-0.3, -0.25) is 19.8 Å². The zero-order valence-electron chi connectivity index (χ0n) is 20.4. The fourth-order valence-electron chi connectivity index (χ4n) is 4.15. The van der Waals surface area contributed by atoms with Crippen LogP contribution in [0.25, 0.3) is 11.1 Å². The second-order valence-electron chi connectivity index (χ2n) is 8.42. The molecular weight excluding hydrogens is 502 g/mol. The van der Waals surface area contributed by atoms with Crippen molar-refractivity contribution in [3.8, 4) is 5.00 Å². The summed E-state index contributed by atoms with van der Waals surface area (Å²) < 4.78 is 6.91. The van der Waals surface area contributed by atoms with Crippen molar-refractivity contribution >= 4 is 52.8 Å². The van der Waals surface area contributed by atoms with E-state index in [1.54, 1.807) is 24.3 Å². The summed E-state index contributed by atoms with van der Waals surface area (Å²) >= 11 is 7.66. The number of aryl methyl sites for hydroxylation is 2. The van der Waals surface area contributed by atoms with Gasteiger partial charge in [0.25, 0.3) is 11.8 Å². The molecule has 4 rings (SSSR count). The number of aromatic nitrogens is 1. The van der Waals surface area contributed by atoms with Gasteiger partial charge < -0.3 is 9.30 Å². The van der Waals surface area contributed by atoms with Gasteiger partial charge in [0.2, 0.25) is 0 Å². The van der Waals surface area contributed by atoms with E-state index in [2.05, 4.69) is 5.32 Å². The summed E-state index contributed by atoms with van der Waals surface area (Å²) in [6.45, 7) is 7.43. The Kier molecular flexibility index (Phi) is 6.88. The number of rotatable bonds is 5. The third kappa shape index (κ3) is 4.36. The summed E-state index contributed by atoms with van der Waals surface area (Å²) in [5, 5.41) is 3.34. The van der Waals surface area contributed by atoms with E-state index < -0.39 is 23.8 Å². The Morgan fingerprint density at radius 2 is 1.83 bits per heavy atom. The van der Waals surface area contributed by atoms with E-state index in [1.807, 2.05) is 38.3 Å². The second kappa shape index (κ2) is 9.75. The zero-order chi connectivity index (χ0) is 26.3. The first-order valence-electron chi connectivity index (χ1n) is 11.0. The quantitative estimate of drug-likeness (QED) is 0.291. The Morgan fingerprint density at radius 3 is 2.50 bits per heavy atom. The molecule has 0 unspecified atom stereocenters. The maximum Gasteiger partial charge on any atom is 0.341 e. The number of methoxy groups -OCH3 is 1. The molecule has 1 aliphatic heterocycles. The Bertz CT molecular complexity index is 1470. The zero-order valence-corrected chi connectivity index (χ0v) is 22.0. The number of hydrogen-bond acceptors (Lipinski definition) is 6. The molecule has 0 aliphatic carbocycles. The van der Waals surface area contributed by atoms with Crippen LogP contribution in [-0.4, -0.2) is 40.4 Å². The topological polar surface area (TPSA) is 97.7 Å². The first-order chi connectivity index (χ1) is 17.0. The van der Waals surface area contributed by atoms with E-state index in [4.69, 9.17) is 16.3 Å². The molecule has 1 N–H and O–H groups in total. The lowest BCUT2D eigenvalue weighted by Gasteiger charge is -2.26. The SMILES string of the molecule is COC(=O)c1c(-n2c(C)cc(/C=C3\C(=O)NC(=O)N(Cc4ccccc4Cl)C3=O)c2C)sc(C)c1C. The maximum atomic E-state index is 13.2. The summed E-state index contributed by atoms with van der Waals surface area (Å²) in [4.78, 5) is 52.8. The highest BCUT2D eigenvalue weighted by Crippen LogP contribution is 2.35. The highest BCUT2D eigenvalue weighted by molar-refractivity contribution is 7.15. The number of thiophene rings is 1. The predicted octanol–water partition coefficient (Wildman–Crippen LogP) is 4.87. The molecule has 0 radical (unpaired) electrons. The average molecular weight is 526 g/mol. The van der Waals surface area contributed by atoms with Crippen LogP contribution >= 0.6 is 22.9 Å². The highest BCUT2D eigenvalue weighted by Gasteiger charge is 2.36. The smallest absolute Gasteiger partial charge is 0.341 e. The van der Waals surface area contributed by atoms with Crippen molar-refractivity contribution < 1.29 is 23.9 Å². The molecule has 2 aromatic heterocycles. The van der Waals surface area contributed by atoms with Gasteiger partial charge in [-0.15, -0.1) is 11.3 Å². The molecule has 1 saturated heterocycles. The molecular formula is C26H24ClN3O5S. The minimum atomic E-state index is -0.806. The van der Waals surface area contributed by atoms with Crippen LogP contribution in [0.1, 0.15) is 43.3 Å². The fraction of sp³-hybridized carbons (Fsp3) is 0.231. The third-order valence-corrected chi connectivity index (χ3v) is 7.76. The Morgan fingerprint density at radius 1 is 1.14 bits per heavy atom. The summed E-state index contributed by atoms with van der Waals surface area (Å²) in [6.07, 6.45) is 1.47. The van der Waals surface area contributed by atoms with Crippen molar-refractivity contribution in [2.24, 2.45) is 0 Å². The number of hydrogen-bond donors (Lipinski definition) is 1. The van der Waals surface area contributed by atoms with Crippen LogP contribution in [-0.2, 0) is 20.9 Å². The van der Waals surface area contributed by atoms with E-state index in [0.717, 1.165) is 26.7 Å². The number of urea groups is 1. The summed E-state index contributed by atoms with van der Waals surface area (Å²) in [5.74, 6) is -1.93. The van der Waals surface area contributed by atoms with E-state index in [1.165, 1.54) is 24.5 Å². The van der Waals surface area contributed by atoms with Gasteiger partial charge in [0.15, 0.2) is 0 Å². The van der Waals surface area contributed by atoms with Gasteiger partial charge in [-0.1, -0.05) is 29.8 Å². The van der Waals surface area contributed by atoms with Gasteiger partial charge in [0.05, 0.1) is 19.2 Å². The van der Waals surface area contributed by atoms with Crippen LogP contribution < -0.4 is 5.32 Å². The van der Waals surface area contributed by atoms with Crippen molar-refractivity contribution in [3.63, 3.8) is 0 Å². The van der Waals surface area contributed by atoms with E-state index in [-0.39, 0.29) is 12.1 Å². The van der Waals surface area contributed by atoms with Crippen LogP contribution in [0.5, 0.6) is 0 Å². The molecule has 36 heavy (non-hydrogen) atoms. The van der Waals surface area contributed by atoms with Crippen LogP contribution in [0.4, 0.5) is 4.79 Å². The van der Waals surface area contributed by atoms with Gasteiger partial charge in [-0.25, -0.2) is 9.59 Å². The highest BCUT2D eigenvalue weighted by atomic mass is 35.5. The average Bonchev–Trinajstić information content (AvgIpc) is 3.28. The molecule has 0 bridgehead atoms. The normalized spacial score (nSPS) is 15.0. The molecule has 1 fully saturated rings. The largest absolute Gasteiger partial charge is 0.465 e. The monoisotopic (exact) mass is 525 g/mol. The standard InChI is InChI=1S/C26H24ClN3O5S/c1-13-10-18(15(3)30(13)24-21(25(33)35-5)14(2)16(4)36-24)11-19-22(31)28-26(34)29(23(19)32)12-17-8-6-7-9-20(17)27/h6-11H,12H2,1-5H3,(H,28,31,34)/b19-11+. The number of carbonyl (C=O) groups is 4. The second-order valence-corrected chi connectivity index (χ2v) is 10.0. The third-order valence-electron chi connectivity index (χ3n) is 6.20. The van der Waals surface area contributed by atoms with Crippen LogP contribution in [0.2, 0.25) is 5.02 Å². The number of carbonyl (C=O) groups excluding carboxylic acids is 4. The summed E-state index contributed by atoms with van der Waals surface area (Å²) in [7, 11) is 1.34. The number of nitrogens with zero attached hydrogens (tertiary/aromatic N) is 2. The van der Waals surface area contributed by atoms with E-state index in [0.29, 0.717) is 26.7 Å². The Hall–Kier alpha value is -3.69. The van der Waals surface area contributed by atoms with Gasteiger partial charge in [0, 0.05) is 21.3 Å². The minimum absolute atomic E-state index is 0.0791. The van der Waals surface area contributed by atoms with Crippen molar-refractivity contribution in [2.75, 3.05) is 7.11 Å². The Labute approximate surface area is 217 Å². The molecule has 186 valence electrons. The van der Waals surface area contributed by atoms with Crippen LogP contribution in [0.15, 0.2) is 35.9 Å². The van der Waals surface area contributed by atoms with Crippen molar-refractivity contribution in [3.05, 3.63) is 79.4 Å². The fourth-order valence-corrected chi connectivity index (χ4v) is 5.60. The molecule has 3 heterocycles. The molecule has 1 aliphatic rings. The number of imide groups is 2. The summed E-state index contributed by atoms with van der Waals surface area (Å²) in [5.41, 5.74) is 3.85. The molecule has 1 aromatic carbocycles. The lowest BCUT2D eigenvalue weighted by atomic mass is 10.1. The number of ether oxygens (including phenoxy) is 1. The van der Waals surface area contributed by atoms with Crippen molar-refractivity contribution in [2.45, 2.75) is 34.2 Å². The van der Waals surface area contributed by atoms with Crippen LogP contribution in [0, 0.1) is 27.7 Å². The number of benzene rings is 1.